The van der Waals surface area contributed by atoms with Gasteiger partial charge in [-0.2, -0.15) is 12.6 Å². The standard InChI is InChI=1S/C20H42N2OS/c21-17-13-11-14-18-22-20(23)16-12-9-7-5-3-1-2-4-6-8-10-15-19-24/h24H,1-19,21H2,(H,22,23). The van der Waals surface area contributed by atoms with Gasteiger partial charge in [0.1, 0.15) is 0 Å². The Labute approximate surface area is 156 Å². The van der Waals surface area contributed by atoms with Crippen LogP contribution in [0.25, 0.3) is 0 Å². The third kappa shape index (κ3) is 19.8. The molecule has 0 rings (SSSR count). The predicted molar refractivity (Wildman–Crippen MR) is 110 cm³/mol. The molecule has 4 heteroatoms. The SMILES string of the molecule is NCCCCCNC(=O)CCCCCCCCCCCCCCS. The van der Waals surface area contributed by atoms with Crippen molar-refractivity contribution in [2.45, 2.75) is 103 Å². The van der Waals surface area contributed by atoms with Gasteiger partial charge in [0, 0.05) is 13.0 Å². The molecule has 0 spiro atoms. The summed E-state index contributed by atoms with van der Waals surface area (Å²) in [6.45, 7) is 1.57. The maximum Gasteiger partial charge on any atom is 0.219 e. The summed E-state index contributed by atoms with van der Waals surface area (Å²) in [5.41, 5.74) is 5.44. The fourth-order valence-electron chi connectivity index (χ4n) is 2.93. The van der Waals surface area contributed by atoms with Crippen molar-refractivity contribution in [3.05, 3.63) is 0 Å². The second kappa shape index (κ2) is 20.8. The number of unbranched alkanes of at least 4 members (excludes halogenated alkanes) is 13. The van der Waals surface area contributed by atoms with E-state index in [0.717, 1.165) is 44.5 Å². The molecule has 0 aromatic heterocycles. The molecule has 0 aliphatic rings. The van der Waals surface area contributed by atoms with Gasteiger partial charge in [-0.3, -0.25) is 4.79 Å². The molecular formula is C20H42N2OS. The van der Waals surface area contributed by atoms with Crippen molar-refractivity contribution in [3.63, 3.8) is 0 Å². The molecule has 0 aliphatic heterocycles. The first-order valence-electron chi connectivity index (χ1n) is 10.4. The molecule has 0 saturated heterocycles. The Hall–Kier alpha value is -0.220. The van der Waals surface area contributed by atoms with Crippen molar-refractivity contribution >= 4 is 18.5 Å². The smallest absolute Gasteiger partial charge is 0.219 e. The van der Waals surface area contributed by atoms with Crippen molar-refractivity contribution in [3.8, 4) is 0 Å². The fourth-order valence-corrected chi connectivity index (χ4v) is 3.15. The van der Waals surface area contributed by atoms with E-state index < -0.39 is 0 Å². The predicted octanol–water partition coefficient (Wildman–Crippen LogP) is 5.23. The Kier molecular flexibility index (Phi) is 20.6. The van der Waals surface area contributed by atoms with Crippen LogP contribution < -0.4 is 11.1 Å². The number of rotatable bonds is 19. The number of hydrogen-bond donors (Lipinski definition) is 3. The van der Waals surface area contributed by atoms with Crippen molar-refractivity contribution < 1.29 is 4.79 Å². The van der Waals surface area contributed by atoms with E-state index in [2.05, 4.69) is 17.9 Å². The highest BCUT2D eigenvalue weighted by molar-refractivity contribution is 7.80. The van der Waals surface area contributed by atoms with Crippen LogP contribution in [0.15, 0.2) is 0 Å². The van der Waals surface area contributed by atoms with Gasteiger partial charge in [0.25, 0.3) is 0 Å². The molecule has 0 saturated carbocycles. The van der Waals surface area contributed by atoms with Crippen LogP contribution in [0.5, 0.6) is 0 Å². The number of hydrogen-bond acceptors (Lipinski definition) is 3. The van der Waals surface area contributed by atoms with Crippen LogP contribution in [0.2, 0.25) is 0 Å². The van der Waals surface area contributed by atoms with Crippen LogP contribution in [0.1, 0.15) is 103 Å². The molecule has 3 N–H and O–H groups in total. The number of thiol groups is 1. The number of nitrogens with two attached hydrogens (primary N) is 1. The first kappa shape index (κ1) is 23.8. The average Bonchev–Trinajstić information content (AvgIpc) is 2.59. The molecule has 3 nitrogen and oxygen atoms in total. The van der Waals surface area contributed by atoms with Gasteiger partial charge < -0.3 is 11.1 Å². The summed E-state index contributed by atoms with van der Waals surface area (Å²) in [4.78, 5) is 11.6. The second-order valence-corrected chi connectivity index (χ2v) is 7.36. The Morgan fingerprint density at radius 3 is 1.62 bits per heavy atom. The van der Waals surface area contributed by atoms with Crippen LogP contribution in [-0.4, -0.2) is 24.7 Å². The van der Waals surface area contributed by atoms with Gasteiger partial charge in [0.05, 0.1) is 0 Å². The van der Waals surface area contributed by atoms with E-state index in [9.17, 15) is 4.79 Å². The van der Waals surface area contributed by atoms with Gasteiger partial charge in [-0.05, 0) is 38.0 Å². The van der Waals surface area contributed by atoms with Crippen molar-refractivity contribution in [2.24, 2.45) is 5.73 Å². The molecule has 0 aliphatic carbocycles. The Morgan fingerprint density at radius 2 is 1.12 bits per heavy atom. The molecule has 0 aromatic carbocycles. The molecule has 0 aromatic rings. The van der Waals surface area contributed by atoms with E-state index in [1.165, 1.54) is 70.6 Å². The normalized spacial score (nSPS) is 10.9. The van der Waals surface area contributed by atoms with Crippen LogP contribution >= 0.6 is 12.6 Å². The van der Waals surface area contributed by atoms with Gasteiger partial charge in [-0.1, -0.05) is 70.6 Å². The van der Waals surface area contributed by atoms with E-state index in [4.69, 9.17) is 5.73 Å². The lowest BCUT2D eigenvalue weighted by molar-refractivity contribution is -0.121. The topological polar surface area (TPSA) is 55.1 Å². The first-order chi connectivity index (χ1) is 11.8. The third-order valence-electron chi connectivity index (χ3n) is 4.52. The molecule has 0 heterocycles. The molecule has 0 atom stereocenters. The lowest BCUT2D eigenvalue weighted by Gasteiger charge is -2.05. The fraction of sp³-hybridized carbons (Fsp3) is 0.950. The first-order valence-corrected chi connectivity index (χ1v) is 11.0. The highest BCUT2D eigenvalue weighted by Crippen LogP contribution is 2.12. The van der Waals surface area contributed by atoms with Crippen LogP contribution in [0, 0.1) is 0 Å². The maximum atomic E-state index is 11.6. The summed E-state index contributed by atoms with van der Waals surface area (Å²) < 4.78 is 0. The van der Waals surface area contributed by atoms with Crippen LogP contribution in [0.4, 0.5) is 0 Å². The molecule has 0 fully saturated rings. The molecular weight excluding hydrogens is 316 g/mol. The lowest BCUT2D eigenvalue weighted by Crippen LogP contribution is -2.24. The Bertz CT molecular complexity index is 262. The zero-order chi connectivity index (χ0) is 17.7. The highest BCUT2D eigenvalue weighted by atomic mass is 32.1. The van der Waals surface area contributed by atoms with Crippen molar-refractivity contribution in [1.29, 1.82) is 0 Å². The molecule has 144 valence electrons. The minimum atomic E-state index is 0.223. The summed E-state index contributed by atoms with van der Waals surface area (Å²) in [7, 11) is 0. The number of amides is 1. The van der Waals surface area contributed by atoms with E-state index in [1.807, 2.05) is 0 Å². The summed E-state index contributed by atoms with van der Waals surface area (Å²) in [5, 5.41) is 3.00. The molecule has 0 bridgehead atoms. The van der Waals surface area contributed by atoms with Gasteiger partial charge >= 0.3 is 0 Å². The Morgan fingerprint density at radius 1 is 0.667 bits per heavy atom. The Balaban J connectivity index is 3.10. The summed E-state index contributed by atoms with van der Waals surface area (Å²) in [6.07, 6.45) is 19.7. The third-order valence-corrected chi connectivity index (χ3v) is 4.83. The summed E-state index contributed by atoms with van der Waals surface area (Å²) >= 11 is 4.24. The number of carbonyl (C=O) groups is 1. The van der Waals surface area contributed by atoms with Gasteiger partial charge in [0.15, 0.2) is 0 Å². The quantitative estimate of drug-likeness (QED) is 0.219. The monoisotopic (exact) mass is 358 g/mol. The molecule has 24 heavy (non-hydrogen) atoms. The van der Waals surface area contributed by atoms with E-state index >= 15 is 0 Å². The summed E-state index contributed by atoms with van der Waals surface area (Å²) in [5.74, 6) is 1.26. The van der Waals surface area contributed by atoms with Gasteiger partial charge in [-0.15, -0.1) is 0 Å². The van der Waals surface area contributed by atoms with E-state index in [-0.39, 0.29) is 5.91 Å². The van der Waals surface area contributed by atoms with Gasteiger partial charge in [0.2, 0.25) is 5.91 Å². The van der Waals surface area contributed by atoms with Gasteiger partial charge in [-0.25, -0.2) is 0 Å². The minimum absolute atomic E-state index is 0.223. The van der Waals surface area contributed by atoms with Crippen molar-refractivity contribution in [2.75, 3.05) is 18.8 Å². The number of carbonyl (C=O) groups excluding carboxylic acids is 1. The molecule has 0 unspecified atom stereocenters. The zero-order valence-corrected chi connectivity index (χ0v) is 16.8. The van der Waals surface area contributed by atoms with Crippen molar-refractivity contribution in [1.82, 2.24) is 5.32 Å². The minimum Gasteiger partial charge on any atom is -0.356 e. The molecule has 1 amide bonds. The number of nitrogens with one attached hydrogen (secondary N) is 1. The second-order valence-electron chi connectivity index (χ2n) is 6.92. The maximum absolute atomic E-state index is 11.6. The largest absolute Gasteiger partial charge is 0.356 e. The van der Waals surface area contributed by atoms with Crippen LogP contribution in [0.3, 0.4) is 0 Å². The average molecular weight is 359 g/mol. The lowest BCUT2D eigenvalue weighted by atomic mass is 10.0. The molecule has 0 radical (unpaired) electrons. The summed E-state index contributed by atoms with van der Waals surface area (Å²) in [6, 6.07) is 0. The zero-order valence-electron chi connectivity index (χ0n) is 15.9. The van der Waals surface area contributed by atoms with E-state index in [1.54, 1.807) is 0 Å². The van der Waals surface area contributed by atoms with Crippen LogP contribution in [-0.2, 0) is 4.79 Å². The highest BCUT2D eigenvalue weighted by Gasteiger charge is 2.00. The van der Waals surface area contributed by atoms with E-state index in [0.29, 0.717) is 6.42 Å².